The van der Waals surface area contributed by atoms with Crippen molar-refractivity contribution in [3.05, 3.63) is 48.4 Å². The van der Waals surface area contributed by atoms with E-state index in [-0.39, 0.29) is 11.8 Å². The molecule has 9 heteroatoms. The highest BCUT2D eigenvalue weighted by Gasteiger charge is 2.31. The van der Waals surface area contributed by atoms with E-state index in [1.54, 1.807) is 24.5 Å². The number of pyridine rings is 1. The molecule has 146 valence electrons. The lowest BCUT2D eigenvalue weighted by Gasteiger charge is -2.22. The maximum absolute atomic E-state index is 12.6. The number of fused-ring (bicyclic) bond motifs is 1. The lowest BCUT2D eigenvalue weighted by Crippen LogP contribution is -2.27. The Morgan fingerprint density at radius 2 is 1.96 bits per heavy atom. The zero-order valence-corrected chi connectivity index (χ0v) is 15.1. The number of anilines is 2. The van der Waals surface area contributed by atoms with Gasteiger partial charge in [0.1, 0.15) is 5.75 Å². The fourth-order valence-electron chi connectivity index (χ4n) is 3.43. The van der Waals surface area contributed by atoms with Crippen LogP contribution in [0.2, 0.25) is 0 Å². The quantitative estimate of drug-likeness (QED) is 0.730. The number of aryl methyl sites for hydroxylation is 1. The first-order valence-corrected chi connectivity index (χ1v) is 8.83. The maximum Gasteiger partial charge on any atom is 0.573 e. The van der Waals surface area contributed by atoms with Gasteiger partial charge in [-0.15, -0.1) is 13.2 Å². The molecule has 1 aliphatic heterocycles. The minimum atomic E-state index is -4.73. The maximum atomic E-state index is 12.6. The third-order valence-electron chi connectivity index (χ3n) is 4.55. The summed E-state index contributed by atoms with van der Waals surface area (Å²) < 4.78 is 41.9. The molecule has 0 saturated carbocycles. The third kappa shape index (κ3) is 4.08. The number of ether oxygens (including phenoxy) is 1. The standard InChI is InChI=1S/C19H18F3N5O/c1-12-9-17(15-10-14(28-19(20,21)22)3-4-16(15)25-12)27-8-5-13(11-27)26-18-23-6-2-7-24-18/h2-4,6-7,9-10,13H,5,8,11H2,1H3,(H,23,24,26). The topological polar surface area (TPSA) is 63.2 Å². The van der Waals surface area contributed by atoms with E-state index in [1.807, 2.05) is 13.0 Å². The molecule has 28 heavy (non-hydrogen) atoms. The van der Waals surface area contributed by atoms with E-state index in [0.717, 1.165) is 24.3 Å². The van der Waals surface area contributed by atoms with Crippen molar-refractivity contribution in [1.82, 2.24) is 15.0 Å². The van der Waals surface area contributed by atoms with Crippen LogP contribution < -0.4 is 15.0 Å². The van der Waals surface area contributed by atoms with Crippen LogP contribution in [0.4, 0.5) is 24.8 Å². The van der Waals surface area contributed by atoms with Crippen LogP contribution >= 0.6 is 0 Å². The summed E-state index contributed by atoms with van der Waals surface area (Å²) in [5.41, 5.74) is 2.27. The Morgan fingerprint density at radius 3 is 2.71 bits per heavy atom. The summed E-state index contributed by atoms with van der Waals surface area (Å²) in [6, 6.07) is 8.01. The van der Waals surface area contributed by atoms with Crippen LogP contribution in [0.5, 0.6) is 5.75 Å². The van der Waals surface area contributed by atoms with Gasteiger partial charge in [-0.25, -0.2) is 9.97 Å². The number of aromatic nitrogens is 3. The van der Waals surface area contributed by atoms with Crippen molar-refractivity contribution in [2.75, 3.05) is 23.3 Å². The molecule has 2 aromatic heterocycles. The molecule has 3 heterocycles. The Hall–Kier alpha value is -3.10. The Labute approximate surface area is 159 Å². The summed E-state index contributed by atoms with van der Waals surface area (Å²) in [5.74, 6) is 0.310. The van der Waals surface area contributed by atoms with Gasteiger partial charge >= 0.3 is 6.36 Å². The predicted octanol–water partition coefficient (Wildman–Crippen LogP) is 3.92. The summed E-state index contributed by atoms with van der Waals surface area (Å²) in [4.78, 5) is 14.9. The fourth-order valence-corrected chi connectivity index (χ4v) is 3.43. The average molecular weight is 389 g/mol. The molecule has 1 unspecified atom stereocenters. The summed E-state index contributed by atoms with van der Waals surface area (Å²) in [7, 11) is 0. The van der Waals surface area contributed by atoms with Crippen LogP contribution in [0.1, 0.15) is 12.1 Å². The molecular formula is C19H18F3N5O. The van der Waals surface area contributed by atoms with Crippen LogP contribution in [0.3, 0.4) is 0 Å². The predicted molar refractivity (Wildman–Crippen MR) is 99.4 cm³/mol. The van der Waals surface area contributed by atoms with Gasteiger partial charge in [-0.2, -0.15) is 0 Å². The smallest absolute Gasteiger partial charge is 0.406 e. The van der Waals surface area contributed by atoms with Gasteiger partial charge in [0.25, 0.3) is 0 Å². The molecule has 3 aromatic rings. The Kier molecular flexibility index (Phi) is 4.66. The summed E-state index contributed by atoms with van der Waals surface area (Å²) in [6.07, 6.45) is -0.530. The molecular weight excluding hydrogens is 371 g/mol. The number of hydrogen-bond donors (Lipinski definition) is 1. The molecule has 1 saturated heterocycles. The molecule has 1 fully saturated rings. The van der Waals surface area contributed by atoms with Gasteiger partial charge in [0, 0.05) is 48.3 Å². The first-order valence-electron chi connectivity index (χ1n) is 8.83. The van der Waals surface area contributed by atoms with Crippen molar-refractivity contribution in [3.63, 3.8) is 0 Å². The van der Waals surface area contributed by atoms with Crippen molar-refractivity contribution in [1.29, 1.82) is 0 Å². The average Bonchev–Trinajstić information content (AvgIpc) is 3.09. The highest BCUT2D eigenvalue weighted by atomic mass is 19.4. The van der Waals surface area contributed by atoms with Crippen LogP contribution in [0.25, 0.3) is 10.9 Å². The molecule has 6 nitrogen and oxygen atoms in total. The number of hydrogen-bond acceptors (Lipinski definition) is 6. The van der Waals surface area contributed by atoms with E-state index in [0.29, 0.717) is 23.4 Å². The van der Waals surface area contributed by atoms with E-state index in [2.05, 4.69) is 29.9 Å². The molecule has 0 spiro atoms. The van der Waals surface area contributed by atoms with Crippen molar-refractivity contribution < 1.29 is 17.9 Å². The second-order valence-corrected chi connectivity index (χ2v) is 6.66. The van der Waals surface area contributed by atoms with Crippen LogP contribution in [0.15, 0.2) is 42.7 Å². The van der Waals surface area contributed by atoms with Crippen molar-refractivity contribution in [2.45, 2.75) is 25.7 Å². The largest absolute Gasteiger partial charge is 0.573 e. The van der Waals surface area contributed by atoms with Gasteiger partial charge in [-0.3, -0.25) is 4.98 Å². The van der Waals surface area contributed by atoms with Gasteiger partial charge in [0.2, 0.25) is 5.95 Å². The first-order chi connectivity index (χ1) is 13.4. The second-order valence-electron chi connectivity index (χ2n) is 6.66. The SMILES string of the molecule is Cc1cc(N2CCC(Nc3ncccn3)C2)c2cc(OC(F)(F)F)ccc2n1. The Balaban J connectivity index is 1.61. The number of benzene rings is 1. The zero-order valence-electron chi connectivity index (χ0n) is 15.1. The number of nitrogens with zero attached hydrogens (tertiary/aromatic N) is 4. The van der Waals surface area contributed by atoms with Gasteiger partial charge in [0.05, 0.1) is 5.52 Å². The fraction of sp³-hybridized carbons (Fsp3) is 0.316. The van der Waals surface area contributed by atoms with Crippen molar-refractivity contribution >= 4 is 22.5 Å². The molecule has 1 N–H and O–H groups in total. The molecule has 4 rings (SSSR count). The Bertz CT molecular complexity index is 980. The molecule has 1 aliphatic rings. The lowest BCUT2D eigenvalue weighted by molar-refractivity contribution is -0.274. The van der Waals surface area contributed by atoms with Gasteiger partial charge < -0.3 is 15.0 Å². The van der Waals surface area contributed by atoms with Gasteiger partial charge in [-0.1, -0.05) is 0 Å². The highest BCUT2D eigenvalue weighted by molar-refractivity contribution is 5.93. The lowest BCUT2D eigenvalue weighted by atomic mass is 10.1. The van der Waals surface area contributed by atoms with Crippen molar-refractivity contribution in [3.8, 4) is 5.75 Å². The van der Waals surface area contributed by atoms with Gasteiger partial charge in [-0.05, 0) is 43.7 Å². The van der Waals surface area contributed by atoms with E-state index in [4.69, 9.17) is 0 Å². The first kappa shape index (κ1) is 18.3. The minimum Gasteiger partial charge on any atom is -0.406 e. The van der Waals surface area contributed by atoms with E-state index in [1.165, 1.54) is 12.1 Å². The highest BCUT2D eigenvalue weighted by Crippen LogP contribution is 2.34. The molecule has 1 atom stereocenters. The van der Waals surface area contributed by atoms with Crippen LogP contribution in [-0.4, -0.2) is 40.4 Å². The van der Waals surface area contributed by atoms with E-state index in [9.17, 15) is 13.2 Å². The minimum absolute atomic E-state index is 0.139. The van der Waals surface area contributed by atoms with Crippen molar-refractivity contribution in [2.24, 2.45) is 0 Å². The number of rotatable bonds is 4. The molecule has 0 amide bonds. The van der Waals surface area contributed by atoms with Crippen LogP contribution in [-0.2, 0) is 0 Å². The summed E-state index contributed by atoms with van der Waals surface area (Å²) >= 11 is 0. The zero-order chi connectivity index (χ0) is 19.7. The van der Waals surface area contributed by atoms with E-state index < -0.39 is 6.36 Å². The molecule has 0 aliphatic carbocycles. The second kappa shape index (κ2) is 7.14. The summed E-state index contributed by atoms with van der Waals surface area (Å²) in [5, 5.41) is 3.92. The van der Waals surface area contributed by atoms with Crippen LogP contribution in [0, 0.1) is 6.92 Å². The third-order valence-corrected chi connectivity index (χ3v) is 4.55. The molecule has 1 aromatic carbocycles. The number of alkyl halides is 3. The van der Waals surface area contributed by atoms with E-state index >= 15 is 0 Å². The normalized spacial score (nSPS) is 17.1. The summed E-state index contributed by atoms with van der Waals surface area (Å²) in [6.45, 7) is 3.31. The molecule has 0 bridgehead atoms. The Morgan fingerprint density at radius 1 is 1.18 bits per heavy atom. The monoisotopic (exact) mass is 389 g/mol. The number of halogens is 3. The van der Waals surface area contributed by atoms with Gasteiger partial charge in [0.15, 0.2) is 0 Å². The number of nitrogens with one attached hydrogen (secondary N) is 1. The molecule has 0 radical (unpaired) electrons.